The fraction of sp³-hybridized carbons (Fsp3) is 0.562. The van der Waals surface area contributed by atoms with E-state index in [1.165, 1.54) is 23.7 Å². The fourth-order valence-electron chi connectivity index (χ4n) is 1.68. The number of aromatic nitrogens is 5. The molecule has 0 aromatic carbocycles. The molecule has 2 aromatic heterocycles. The molecule has 0 radical (unpaired) electrons. The van der Waals surface area contributed by atoms with Crippen LogP contribution in [0.25, 0.3) is 0 Å². The van der Waals surface area contributed by atoms with Gasteiger partial charge in [0.05, 0.1) is 6.61 Å². The van der Waals surface area contributed by atoms with Gasteiger partial charge in [-0.2, -0.15) is 9.78 Å². The highest BCUT2D eigenvalue weighted by Crippen LogP contribution is 2.19. The van der Waals surface area contributed by atoms with E-state index < -0.39 is 0 Å². The molecular formula is C16H24N6O2. The second-order valence-corrected chi connectivity index (χ2v) is 6.81. The standard InChI is InChI=1S/C16H24N6O2/c1-12(2)24-21-15(22-11-17-9-20-22)13-8-14(19-10-18-13)23-7-6-16(3,4)5/h8-12H,6-7H2,1-5H3. The van der Waals surface area contributed by atoms with Gasteiger partial charge in [-0.05, 0) is 25.7 Å². The SMILES string of the molecule is CC(C)ON=C(c1cc(OCCC(C)(C)C)ncn1)n1cncn1. The molecule has 0 unspecified atom stereocenters. The van der Waals surface area contributed by atoms with Crippen LogP contribution in [-0.4, -0.2) is 43.3 Å². The second kappa shape index (κ2) is 7.85. The van der Waals surface area contributed by atoms with Crippen LogP contribution in [0.4, 0.5) is 0 Å². The molecule has 0 fully saturated rings. The predicted molar refractivity (Wildman–Crippen MR) is 89.8 cm³/mol. The maximum absolute atomic E-state index is 5.72. The summed E-state index contributed by atoms with van der Waals surface area (Å²) in [5.74, 6) is 0.908. The Bertz CT molecular complexity index is 661. The third-order valence-electron chi connectivity index (χ3n) is 2.96. The number of hydrogen-bond acceptors (Lipinski definition) is 7. The maximum atomic E-state index is 5.72. The number of ether oxygens (including phenoxy) is 1. The van der Waals surface area contributed by atoms with Crippen LogP contribution in [0, 0.1) is 5.41 Å². The summed E-state index contributed by atoms with van der Waals surface area (Å²) < 4.78 is 7.21. The van der Waals surface area contributed by atoms with Crippen LogP contribution in [0.3, 0.4) is 0 Å². The van der Waals surface area contributed by atoms with E-state index in [2.05, 4.69) is 46.0 Å². The second-order valence-electron chi connectivity index (χ2n) is 6.81. The van der Waals surface area contributed by atoms with E-state index >= 15 is 0 Å². The zero-order chi connectivity index (χ0) is 17.6. The first-order valence-electron chi connectivity index (χ1n) is 7.89. The molecule has 8 heteroatoms. The van der Waals surface area contributed by atoms with E-state index in [9.17, 15) is 0 Å². The lowest BCUT2D eigenvalue weighted by Crippen LogP contribution is -2.18. The molecule has 0 atom stereocenters. The summed E-state index contributed by atoms with van der Waals surface area (Å²) in [7, 11) is 0. The minimum absolute atomic E-state index is 0.0622. The summed E-state index contributed by atoms with van der Waals surface area (Å²) >= 11 is 0. The molecule has 0 N–H and O–H groups in total. The third-order valence-corrected chi connectivity index (χ3v) is 2.96. The van der Waals surface area contributed by atoms with Crippen molar-refractivity contribution in [1.82, 2.24) is 24.7 Å². The van der Waals surface area contributed by atoms with Crippen molar-refractivity contribution in [3.8, 4) is 5.88 Å². The van der Waals surface area contributed by atoms with Gasteiger partial charge in [-0.25, -0.2) is 15.0 Å². The average Bonchev–Trinajstić information content (AvgIpc) is 3.00. The molecule has 0 spiro atoms. The summed E-state index contributed by atoms with van der Waals surface area (Å²) in [6, 6.07) is 1.72. The Kier molecular flexibility index (Phi) is 5.83. The van der Waals surface area contributed by atoms with Crippen LogP contribution in [0.1, 0.15) is 46.7 Å². The normalized spacial score (nSPS) is 12.5. The molecule has 2 rings (SSSR count). The van der Waals surface area contributed by atoms with Crippen molar-refractivity contribution >= 4 is 5.84 Å². The van der Waals surface area contributed by atoms with Gasteiger partial charge in [0.15, 0.2) is 0 Å². The molecule has 24 heavy (non-hydrogen) atoms. The number of rotatable bonds is 6. The lowest BCUT2D eigenvalue weighted by atomic mass is 9.93. The molecule has 130 valence electrons. The summed E-state index contributed by atoms with van der Waals surface area (Å²) in [6.45, 7) is 10.9. The van der Waals surface area contributed by atoms with Gasteiger partial charge in [0.1, 0.15) is 30.8 Å². The molecule has 2 heterocycles. The Balaban J connectivity index is 2.18. The lowest BCUT2D eigenvalue weighted by molar-refractivity contribution is 0.0851. The Morgan fingerprint density at radius 2 is 2.04 bits per heavy atom. The molecule has 0 bridgehead atoms. The quantitative estimate of drug-likeness (QED) is 0.459. The third kappa shape index (κ3) is 5.60. The van der Waals surface area contributed by atoms with Crippen LogP contribution in [-0.2, 0) is 4.84 Å². The summed E-state index contributed by atoms with van der Waals surface area (Å²) in [6.07, 6.45) is 5.25. The highest BCUT2D eigenvalue weighted by atomic mass is 16.6. The molecular weight excluding hydrogens is 308 g/mol. The number of nitrogens with zero attached hydrogens (tertiary/aromatic N) is 6. The molecule has 0 aliphatic carbocycles. The molecule has 0 saturated carbocycles. The largest absolute Gasteiger partial charge is 0.478 e. The summed E-state index contributed by atoms with van der Waals surface area (Å²) in [5, 5.41) is 8.22. The van der Waals surface area contributed by atoms with Crippen LogP contribution in [0.5, 0.6) is 5.88 Å². The predicted octanol–water partition coefficient (Wildman–Crippen LogP) is 2.52. The first-order chi connectivity index (χ1) is 11.3. The van der Waals surface area contributed by atoms with Crippen molar-refractivity contribution in [3.63, 3.8) is 0 Å². The van der Waals surface area contributed by atoms with Crippen LogP contribution < -0.4 is 4.74 Å². The highest BCUT2D eigenvalue weighted by Gasteiger charge is 2.14. The zero-order valence-corrected chi connectivity index (χ0v) is 14.8. The van der Waals surface area contributed by atoms with Gasteiger partial charge in [0, 0.05) is 6.07 Å². The van der Waals surface area contributed by atoms with Gasteiger partial charge < -0.3 is 9.57 Å². The van der Waals surface area contributed by atoms with Gasteiger partial charge in [0.25, 0.3) is 0 Å². The molecule has 0 aliphatic rings. The maximum Gasteiger partial charge on any atom is 0.220 e. The summed E-state index contributed by atoms with van der Waals surface area (Å²) in [5.41, 5.74) is 0.746. The Morgan fingerprint density at radius 3 is 2.67 bits per heavy atom. The minimum Gasteiger partial charge on any atom is -0.478 e. The van der Waals surface area contributed by atoms with Crippen LogP contribution >= 0.6 is 0 Å². The van der Waals surface area contributed by atoms with E-state index in [-0.39, 0.29) is 11.5 Å². The smallest absolute Gasteiger partial charge is 0.220 e. The zero-order valence-electron chi connectivity index (χ0n) is 14.8. The van der Waals surface area contributed by atoms with E-state index in [0.29, 0.717) is 24.0 Å². The van der Waals surface area contributed by atoms with Gasteiger partial charge in [-0.15, -0.1) is 0 Å². The van der Waals surface area contributed by atoms with Crippen LogP contribution in [0.2, 0.25) is 0 Å². The van der Waals surface area contributed by atoms with Crippen molar-refractivity contribution in [2.75, 3.05) is 6.61 Å². The average molecular weight is 332 g/mol. The van der Waals surface area contributed by atoms with Crippen LogP contribution in [0.15, 0.2) is 30.2 Å². The van der Waals surface area contributed by atoms with Gasteiger partial charge in [-0.1, -0.05) is 25.9 Å². The molecule has 0 aliphatic heterocycles. The molecule has 0 amide bonds. The Hall–Kier alpha value is -2.51. The van der Waals surface area contributed by atoms with Crippen molar-refractivity contribution < 1.29 is 9.57 Å². The summed E-state index contributed by atoms with van der Waals surface area (Å²) in [4.78, 5) is 17.7. The van der Waals surface area contributed by atoms with Gasteiger partial charge in [-0.3, -0.25) is 0 Å². The number of hydrogen-bond donors (Lipinski definition) is 0. The van der Waals surface area contributed by atoms with Gasteiger partial charge in [0.2, 0.25) is 11.7 Å². The Labute approximate surface area is 141 Å². The van der Waals surface area contributed by atoms with Crippen molar-refractivity contribution in [2.24, 2.45) is 10.6 Å². The topological polar surface area (TPSA) is 87.3 Å². The Morgan fingerprint density at radius 1 is 1.25 bits per heavy atom. The highest BCUT2D eigenvalue weighted by molar-refractivity contribution is 5.97. The first kappa shape index (κ1) is 17.8. The van der Waals surface area contributed by atoms with Crippen molar-refractivity contribution in [3.05, 3.63) is 30.7 Å². The fourth-order valence-corrected chi connectivity index (χ4v) is 1.68. The van der Waals surface area contributed by atoms with Gasteiger partial charge >= 0.3 is 0 Å². The lowest BCUT2D eigenvalue weighted by Gasteiger charge is -2.17. The minimum atomic E-state index is -0.0622. The van der Waals surface area contributed by atoms with E-state index in [0.717, 1.165) is 6.42 Å². The van der Waals surface area contributed by atoms with Crippen molar-refractivity contribution in [2.45, 2.75) is 47.1 Å². The monoisotopic (exact) mass is 332 g/mol. The van der Waals surface area contributed by atoms with E-state index in [1.54, 1.807) is 6.07 Å². The van der Waals surface area contributed by atoms with E-state index in [4.69, 9.17) is 9.57 Å². The first-order valence-corrected chi connectivity index (χ1v) is 7.89. The molecule has 2 aromatic rings. The van der Waals surface area contributed by atoms with E-state index in [1.807, 2.05) is 13.8 Å². The van der Waals surface area contributed by atoms with Crippen molar-refractivity contribution in [1.29, 1.82) is 0 Å². The molecule has 0 saturated heterocycles. The molecule has 8 nitrogen and oxygen atoms in total. The number of oxime groups is 1.